The zero-order valence-corrected chi connectivity index (χ0v) is 20.8. The van der Waals surface area contributed by atoms with E-state index in [1.54, 1.807) is 23.6 Å². The molecule has 2 saturated heterocycles. The van der Waals surface area contributed by atoms with Gasteiger partial charge in [0.05, 0.1) is 21.2 Å². The molecule has 2 aromatic heterocycles. The van der Waals surface area contributed by atoms with Gasteiger partial charge in [0.1, 0.15) is 5.82 Å². The Hall–Kier alpha value is -3.35. The molecule has 0 amide bonds. The standard InChI is InChI=1S/C30H27FN4S/c31-26-16-19(20-10-13-35-12-1-2-23(35)14-20)3-6-24(26)21-4-7-27-25(15-21)28(9-11-32-27)34-22-5-8-30-29(17-22)33-18-36-30/h3-9,11,15-18,20,23H,1-2,10,12-14H2,(H,32,34). The molecule has 36 heavy (non-hydrogen) atoms. The van der Waals surface area contributed by atoms with E-state index in [4.69, 9.17) is 0 Å². The molecule has 2 aliphatic heterocycles. The van der Waals surface area contributed by atoms with E-state index in [0.717, 1.165) is 63.0 Å². The quantitative estimate of drug-likeness (QED) is 0.277. The summed E-state index contributed by atoms with van der Waals surface area (Å²) in [5, 5.41) is 4.48. The number of pyridine rings is 1. The lowest BCUT2D eigenvalue weighted by Gasteiger charge is -2.35. The van der Waals surface area contributed by atoms with Gasteiger partial charge in [-0.25, -0.2) is 9.37 Å². The highest BCUT2D eigenvalue weighted by atomic mass is 32.1. The maximum atomic E-state index is 15.5. The van der Waals surface area contributed by atoms with E-state index in [1.807, 2.05) is 35.8 Å². The number of rotatable bonds is 4. The molecule has 2 fully saturated rings. The summed E-state index contributed by atoms with van der Waals surface area (Å²) >= 11 is 1.63. The molecule has 180 valence electrons. The molecule has 3 aromatic carbocycles. The molecule has 0 radical (unpaired) electrons. The summed E-state index contributed by atoms with van der Waals surface area (Å²) in [6.45, 7) is 2.37. The number of benzene rings is 3. The number of piperidine rings is 1. The highest BCUT2D eigenvalue weighted by molar-refractivity contribution is 7.16. The van der Waals surface area contributed by atoms with Crippen molar-refractivity contribution in [3.8, 4) is 11.1 Å². The van der Waals surface area contributed by atoms with E-state index in [0.29, 0.717) is 17.5 Å². The monoisotopic (exact) mass is 494 g/mol. The second-order valence-electron chi connectivity index (χ2n) is 10.0. The predicted octanol–water partition coefficient (Wildman–Crippen LogP) is 7.74. The van der Waals surface area contributed by atoms with Crippen LogP contribution in [0.15, 0.2) is 72.4 Å². The summed E-state index contributed by atoms with van der Waals surface area (Å²) in [4.78, 5) is 11.6. The Labute approximate surface area is 213 Å². The zero-order chi connectivity index (χ0) is 24.1. The van der Waals surface area contributed by atoms with Crippen LogP contribution in [0.25, 0.3) is 32.2 Å². The van der Waals surface area contributed by atoms with Crippen molar-refractivity contribution >= 4 is 43.8 Å². The third-order valence-electron chi connectivity index (χ3n) is 7.95. The maximum Gasteiger partial charge on any atom is 0.131 e. The molecule has 2 atom stereocenters. The minimum absolute atomic E-state index is 0.145. The number of halogens is 1. The van der Waals surface area contributed by atoms with Gasteiger partial charge in [-0.2, -0.15) is 0 Å². The van der Waals surface area contributed by atoms with Crippen LogP contribution in [-0.2, 0) is 0 Å². The molecule has 5 aromatic rings. The first-order valence-corrected chi connectivity index (χ1v) is 13.6. The van der Waals surface area contributed by atoms with Gasteiger partial charge < -0.3 is 10.2 Å². The number of hydrogen-bond donors (Lipinski definition) is 1. The normalized spacial score (nSPS) is 20.1. The van der Waals surface area contributed by atoms with Gasteiger partial charge in [-0.05, 0) is 98.3 Å². The highest BCUT2D eigenvalue weighted by Gasteiger charge is 2.32. The van der Waals surface area contributed by atoms with Gasteiger partial charge in [0.25, 0.3) is 0 Å². The van der Waals surface area contributed by atoms with Crippen LogP contribution in [-0.4, -0.2) is 34.0 Å². The largest absolute Gasteiger partial charge is 0.355 e. The van der Waals surface area contributed by atoms with Crippen LogP contribution >= 0.6 is 11.3 Å². The summed E-state index contributed by atoms with van der Waals surface area (Å²) in [6, 6.07) is 20.7. The molecule has 1 N–H and O–H groups in total. The number of fused-ring (bicyclic) bond motifs is 3. The Morgan fingerprint density at radius 3 is 2.83 bits per heavy atom. The van der Waals surface area contributed by atoms with Crippen LogP contribution in [0.2, 0.25) is 0 Å². The van der Waals surface area contributed by atoms with Gasteiger partial charge in [-0.15, -0.1) is 11.3 Å². The first-order chi connectivity index (χ1) is 17.7. The Balaban J connectivity index is 1.20. The molecule has 4 nitrogen and oxygen atoms in total. The SMILES string of the molecule is Fc1cc(C2CCN3CCCC3C2)ccc1-c1ccc2nccc(Nc3ccc4scnc4c3)c2c1. The van der Waals surface area contributed by atoms with Crippen molar-refractivity contribution in [2.24, 2.45) is 0 Å². The number of hydrogen-bond acceptors (Lipinski definition) is 5. The summed E-state index contributed by atoms with van der Waals surface area (Å²) in [7, 11) is 0. The van der Waals surface area contributed by atoms with E-state index in [-0.39, 0.29) is 5.82 Å². The predicted molar refractivity (Wildman–Crippen MR) is 147 cm³/mol. The molecule has 0 aliphatic carbocycles. The Morgan fingerprint density at radius 1 is 0.917 bits per heavy atom. The fourth-order valence-corrected chi connectivity index (χ4v) is 6.72. The van der Waals surface area contributed by atoms with Gasteiger partial charge in [0.15, 0.2) is 0 Å². The molecule has 7 rings (SSSR count). The van der Waals surface area contributed by atoms with Crippen LogP contribution in [0.1, 0.15) is 37.2 Å². The fourth-order valence-electron chi connectivity index (χ4n) is 6.06. The molecule has 0 saturated carbocycles. The van der Waals surface area contributed by atoms with Gasteiger partial charge >= 0.3 is 0 Å². The van der Waals surface area contributed by atoms with Crippen LogP contribution in [0, 0.1) is 5.82 Å². The average Bonchev–Trinajstić information content (AvgIpc) is 3.57. The summed E-state index contributed by atoms with van der Waals surface area (Å²) in [5.74, 6) is 0.313. The molecule has 2 unspecified atom stereocenters. The maximum absolute atomic E-state index is 15.5. The van der Waals surface area contributed by atoms with Gasteiger partial charge in [0.2, 0.25) is 0 Å². The van der Waals surface area contributed by atoms with Gasteiger partial charge in [-0.1, -0.05) is 18.2 Å². The number of nitrogens with zero attached hydrogens (tertiary/aromatic N) is 3. The van der Waals surface area contributed by atoms with Gasteiger partial charge in [0, 0.05) is 34.6 Å². The van der Waals surface area contributed by atoms with Gasteiger partial charge in [-0.3, -0.25) is 4.98 Å². The van der Waals surface area contributed by atoms with E-state index in [1.165, 1.54) is 19.4 Å². The highest BCUT2D eigenvalue weighted by Crippen LogP contribution is 2.38. The first kappa shape index (κ1) is 21.9. The van der Waals surface area contributed by atoms with Crippen molar-refractivity contribution in [3.05, 3.63) is 83.8 Å². The third kappa shape index (κ3) is 3.94. The topological polar surface area (TPSA) is 41.1 Å². The van der Waals surface area contributed by atoms with Crippen LogP contribution < -0.4 is 5.32 Å². The molecule has 0 bridgehead atoms. The number of nitrogens with one attached hydrogen (secondary N) is 1. The molecule has 4 heterocycles. The number of thiazole rings is 1. The smallest absolute Gasteiger partial charge is 0.131 e. The third-order valence-corrected chi connectivity index (χ3v) is 8.76. The second-order valence-corrected chi connectivity index (χ2v) is 10.9. The molecular formula is C30H27FN4S. The molecule has 0 spiro atoms. The van der Waals surface area contributed by atoms with Crippen molar-refractivity contribution in [3.63, 3.8) is 0 Å². The lowest BCUT2D eigenvalue weighted by molar-refractivity contribution is 0.181. The first-order valence-electron chi connectivity index (χ1n) is 12.7. The molecular weight excluding hydrogens is 467 g/mol. The number of aromatic nitrogens is 2. The molecule has 6 heteroatoms. The van der Waals surface area contributed by atoms with Crippen LogP contribution in [0.4, 0.5) is 15.8 Å². The molecule has 2 aliphatic rings. The summed E-state index contributed by atoms with van der Waals surface area (Å²) in [5.41, 5.74) is 8.27. The van der Waals surface area contributed by atoms with E-state index in [9.17, 15) is 0 Å². The van der Waals surface area contributed by atoms with Crippen molar-refractivity contribution in [2.45, 2.75) is 37.6 Å². The Bertz CT molecular complexity index is 1580. The second kappa shape index (κ2) is 8.95. The van der Waals surface area contributed by atoms with E-state index >= 15 is 4.39 Å². The minimum Gasteiger partial charge on any atom is -0.355 e. The minimum atomic E-state index is -0.145. The van der Waals surface area contributed by atoms with Crippen molar-refractivity contribution in [1.29, 1.82) is 0 Å². The number of anilines is 2. The van der Waals surface area contributed by atoms with Crippen molar-refractivity contribution < 1.29 is 4.39 Å². The Morgan fingerprint density at radius 2 is 1.89 bits per heavy atom. The lowest BCUT2D eigenvalue weighted by atomic mass is 9.85. The van der Waals surface area contributed by atoms with Crippen molar-refractivity contribution in [2.75, 3.05) is 18.4 Å². The average molecular weight is 495 g/mol. The summed E-state index contributed by atoms with van der Waals surface area (Å²) in [6.07, 6.45) is 6.67. The summed E-state index contributed by atoms with van der Waals surface area (Å²) < 4.78 is 16.6. The van der Waals surface area contributed by atoms with E-state index in [2.05, 4.69) is 44.5 Å². The van der Waals surface area contributed by atoms with Crippen LogP contribution in [0.5, 0.6) is 0 Å². The van der Waals surface area contributed by atoms with E-state index < -0.39 is 0 Å². The Kier molecular flexibility index (Phi) is 5.44. The van der Waals surface area contributed by atoms with Crippen molar-refractivity contribution in [1.82, 2.24) is 14.9 Å². The van der Waals surface area contributed by atoms with Crippen LogP contribution in [0.3, 0.4) is 0 Å². The zero-order valence-electron chi connectivity index (χ0n) is 20.0. The fraction of sp³-hybridized carbons (Fsp3) is 0.267. The lowest BCUT2D eigenvalue weighted by Crippen LogP contribution is -2.37.